The number of nitrogens with zero attached hydrogens (tertiary/aromatic N) is 1. The number of ether oxygens (including phenoxy) is 1. The second-order valence-corrected chi connectivity index (χ2v) is 7.85. The van der Waals surface area contributed by atoms with E-state index in [1.165, 1.54) is 24.8 Å². The first kappa shape index (κ1) is 18.8. The zero-order chi connectivity index (χ0) is 19.3. The first-order valence-corrected chi connectivity index (χ1v) is 9.98. The van der Waals surface area contributed by atoms with Crippen molar-refractivity contribution >= 4 is 21.4 Å². The van der Waals surface area contributed by atoms with Gasteiger partial charge in [-0.1, -0.05) is 30.3 Å². The molecule has 0 amide bonds. The van der Waals surface area contributed by atoms with Gasteiger partial charge in [0.1, 0.15) is 5.75 Å². The van der Waals surface area contributed by atoms with E-state index in [1.54, 1.807) is 24.3 Å². The predicted octanol–water partition coefficient (Wildman–Crippen LogP) is 4.13. The zero-order valence-electron chi connectivity index (χ0n) is 15.3. The van der Waals surface area contributed by atoms with Crippen molar-refractivity contribution in [1.82, 2.24) is 0 Å². The smallest absolute Gasteiger partial charge is 0.261 e. The minimum absolute atomic E-state index is 0.188. The van der Waals surface area contributed by atoms with Gasteiger partial charge in [0.25, 0.3) is 10.0 Å². The first-order chi connectivity index (χ1) is 13.0. The molecule has 1 N–H and O–H groups in total. The number of hydrogen-bond acceptors (Lipinski definition) is 4. The van der Waals surface area contributed by atoms with E-state index in [-0.39, 0.29) is 4.90 Å². The third-order valence-corrected chi connectivity index (χ3v) is 5.59. The third kappa shape index (κ3) is 4.80. The molecule has 0 aliphatic rings. The Hall–Kier alpha value is -2.99. The molecule has 0 aliphatic heterocycles. The molecular weight excluding hydrogens is 360 g/mol. The number of sulfonamides is 1. The minimum Gasteiger partial charge on any atom is -0.497 e. The summed E-state index contributed by atoms with van der Waals surface area (Å²) in [6.07, 6.45) is 0. The van der Waals surface area contributed by atoms with Crippen molar-refractivity contribution in [2.24, 2.45) is 0 Å². The molecule has 0 unspecified atom stereocenters. The van der Waals surface area contributed by atoms with Crippen LogP contribution >= 0.6 is 0 Å². The summed E-state index contributed by atoms with van der Waals surface area (Å²) in [5.74, 6) is 0.611. The lowest BCUT2D eigenvalue weighted by molar-refractivity contribution is 0.414. The van der Waals surface area contributed by atoms with Crippen molar-refractivity contribution < 1.29 is 13.2 Å². The molecule has 140 valence electrons. The zero-order valence-corrected chi connectivity index (χ0v) is 16.1. The van der Waals surface area contributed by atoms with Crippen LogP contribution in [0.2, 0.25) is 0 Å². The van der Waals surface area contributed by atoms with Gasteiger partial charge < -0.3 is 9.64 Å². The van der Waals surface area contributed by atoms with Crippen LogP contribution in [0.25, 0.3) is 0 Å². The van der Waals surface area contributed by atoms with Crippen LogP contribution in [0, 0.1) is 0 Å². The van der Waals surface area contributed by atoms with Crippen LogP contribution in [0.3, 0.4) is 0 Å². The fourth-order valence-electron chi connectivity index (χ4n) is 2.70. The van der Waals surface area contributed by atoms with Gasteiger partial charge in [-0.2, -0.15) is 0 Å². The molecule has 6 heteroatoms. The SMILES string of the molecule is COc1ccc(S(=O)(=O)Nc2ccc(N(C)Cc3ccccc3)cc2)cc1. The first-order valence-electron chi connectivity index (χ1n) is 8.50. The standard InChI is InChI=1S/C21H22N2O3S/c1-23(16-17-6-4-3-5-7-17)19-10-8-18(9-11-19)22-27(24,25)21-14-12-20(26-2)13-15-21/h3-15,22H,16H2,1-2H3. The monoisotopic (exact) mass is 382 g/mol. The highest BCUT2D eigenvalue weighted by atomic mass is 32.2. The van der Waals surface area contributed by atoms with Crippen LogP contribution in [0.5, 0.6) is 5.75 Å². The number of anilines is 2. The molecular formula is C21H22N2O3S. The van der Waals surface area contributed by atoms with Gasteiger partial charge in [0.15, 0.2) is 0 Å². The molecule has 3 aromatic carbocycles. The molecule has 0 atom stereocenters. The summed E-state index contributed by atoms with van der Waals surface area (Å²) >= 11 is 0. The molecule has 3 aromatic rings. The average molecular weight is 382 g/mol. The second kappa shape index (κ2) is 8.14. The molecule has 0 aliphatic carbocycles. The summed E-state index contributed by atoms with van der Waals surface area (Å²) < 4.78 is 32.7. The van der Waals surface area contributed by atoms with E-state index in [0.29, 0.717) is 11.4 Å². The summed E-state index contributed by atoms with van der Waals surface area (Å²) in [5.41, 5.74) is 2.73. The normalized spacial score (nSPS) is 11.0. The van der Waals surface area contributed by atoms with Crippen LogP contribution in [0.1, 0.15) is 5.56 Å². The Kier molecular flexibility index (Phi) is 5.66. The van der Waals surface area contributed by atoms with Crippen molar-refractivity contribution in [2.45, 2.75) is 11.4 Å². The highest BCUT2D eigenvalue weighted by molar-refractivity contribution is 7.92. The topological polar surface area (TPSA) is 58.6 Å². The summed E-state index contributed by atoms with van der Waals surface area (Å²) in [7, 11) is -0.0958. The average Bonchev–Trinajstić information content (AvgIpc) is 2.69. The fraction of sp³-hybridized carbons (Fsp3) is 0.143. The van der Waals surface area contributed by atoms with Gasteiger partial charge in [-0.3, -0.25) is 4.72 Å². The van der Waals surface area contributed by atoms with Crippen LogP contribution in [0.4, 0.5) is 11.4 Å². The fourth-order valence-corrected chi connectivity index (χ4v) is 3.76. The largest absolute Gasteiger partial charge is 0.497 e. The lowest BCUT2D eigenvalue weighted by atomic mass is 10.2. The van der Waals surface area contributed by atoms with Gasteiger partial charge in [-0.15, -0.1) is 0 Å². The molecule has 0 fully saturated rings. The molecule has 27 heavy (non-hydrogen) atoms. The number of benzene rings is 3. The quantitative estimate of drug-likeness (QED) is 0.667. The number of methoxy groups -OCH3 is 1. The van der Waals surface area contributed by atoms with Crippen LogP contribution in [-0.2, 0) is 16.6 Å². The van der Waals surface area contributed by atoms with E-state index in [0.717, 1.165) is 12.2 Å². The lowest BCUT2D eigenvalue weighted by Gasteiger charge is -2.20. The highest BCUT2D eigenvalue weighted by Crippen LogP contribution is 2.22. The molecule has 0 aromatic heterocycles. The Morgan fingerprint density at radius 2 is 1.52 bits per heavy atom. The summed E-state index contributed by atoms with van der Waals surface area (Å²) in [5, 5.41) is 0. The molecule has 0 spiro atoms. The van der Waals surface area contributed by atoms with E-state index in [1.807, 2.05) is 37.4 Å². The Balaban J connectivity index is 1.69. The highest BCUT2D eigenvalue weighted by Gasteiger charge is 2.14. The van der Waals surface area contributed by atoms with Crippen molar-refractivity contribution in [2.75, 3.05) is 23.8 Å². The molecule has 0 saturated heterocycles. The number of hydrogen-bond donors (Lipinski definition) is 1. The molecule has 0 heterocycles. The Morgan fingerprint density at radius 3 is 2.11 bits per heavy atom. The summed E-state index contributed by atoms with van der Waals surface area (Å²) in [6.45, 7) is 0.776. The van der Waals surface area contributed by atoms with Crippen LogP contribution < -0.4 is 14.4 Å². The van der Waals surface area contributed by atoms with E-state index in [4.69, 9.17) is 4.74 Å². The molecule has 0 bridgehead atoms. The number of rotatable bonds is 7. The van der Waals surface area contributed by atoms with Gasteiger partial charge in [0, 0.05) is 25.0 Å². The molecule has 0 radical (unpaired) electrons. The summed E-state index contributed by atoms with van der Waals surface area (Å²) in [4.78, 5) is 2.30. The molecule has 5 nitrogen and oxygen atoms in total. The Morgan fingerprint density at radius 1 is 0.889 bits per heavy atom. The summed E-state index contributed by atoms with van der Waals surface area (Å²) in [6, 6.07) is 23.8. The van der Waals surface area contributed by atoms with Gasteiger partial charge in [-0.05, 0) is 54.1 Å². The second-order valence-electron chi connectivity index (χ2n) is 6.17. The predicted molar refractivity (Wildman–Crippen MR) is 109 cm³/mol. The molecule has 3 rings (SSSR count). The van der Waals surface area contributed by atoms with Gasteiger partial charge in [0.05, 0.1) is 12.0 Å². The van der Waals surface area contributed by atoms with Crippen molar-refractivity contribution in [3.8, 4) is 5.75 Å². The van der Waals surface area contributed by atoms with Crippen molar-refractivity contribution in [1.29, 1.82) is 0 Å². The minimum atomic E-state index is -3.64. The van der Waals surface area contributed by atoms with E-state index in [2.05, 4.69) is 21.8 Å². The van der Waals surface area contributed by atoms with E-state index >= 15 is 0 Å². The van der Waals surface area contributed by atoms with Gasteiger partial charge in [-0.25, -0.2) is 8.42 Å². The van der Waals surface area contributed by atoms with Crippen molar-refractivity contribution in [3.05, 3.63) is 84.4 Å². The van der Waals surface area contributed by atoms with Crippen molar-refractivity contribution in [3.63, 3.8) is 0 Å². The van der Waals surface area contributed by atoms with E-state index in [9.17, 15) is 8.42 Å². The maximum Gasteiger partial charge on any atom is 0.261 e. The van der Waals surface area contributed by atoms with Gasteiger partial charge >= 0.3 is 0 Å². The maximum absolute atomic E-state index is 12.5. The molecule has 0 saturated carbocycles. The van der Waals surface area contributed by atoms with E-state index < -0.39 is 10.0 Å². The third-order valence-electron chi connectivity index (χ3n) is 4.19. The van der Waals surface area contributed by atoms with Crippen LogP contribution in [-0.4, -0.2) is 22.6 Å². The van der Waals surface area contributed by atoms with Crippen LogP contribution in [0.15, 0.2) is 83.8 Å². The Labute approximate surface area is 160 Å². The maximum atomic E-state index is 12.5. The van der Waals surface area contributed by atoms with Gasteiger partial charge in [0.2, 0.25) is 0 Å². The number of nitrogens with one attached hydrogen (secondary N) is 1. The Bertz CT molecular complexity index is 970. The lowest BCUT2D eigenvalue weighted by Crippen LogP contribution is -2.16.